The smallest absolute Gasteiger partial charge is 0.343 e. The van der Waals surface area contributed by atoms with Crippen LogP contribution in [0.3, 0.4) is 0 Å². The predicted molar refractivity (Wildman–Crippen MR) is 116 cm³/mol. The van der Waals surface area contributed by atoms with E-state index < -0.39 is 11.6 Å². The van der Waals surface area contributed by atoms with E-state index in [1.54, 1.807) is 0 Å². The van der Waals surface area contributed by atoms with E-state index in [9.17, 15) is 9.90 Å². The quantitative estimate of drug-likeness (QED) is 0.655. The molecule has 1 aliphatic carbocycles. The van der Waals surface area contributed by atoms with Crippen LogP contribution in [0, 0.1) is 0 Å². The normalized spacial score (nSPS) is 15.6. The van der Waals surface area contributed by atoms with Crippen LogP contribution in [-0.4, -0.2) is 42.2 Å². The Balaban J connectivity index is 1.84. The van der Waals surface area contributed by atoms with Crippen molar-refractivity contribution in [3.8, 4) is 0 Å². The third-order valence-corrected chi connectivity index (χ3v) is 6.00. The highest BCUT2D eigenvalue weighted by Gasteiger charge is 2.40. The molecule has 1 unspecified atom stereocenters. The predicted octanol–water partition coefficient (Wildman–Crippen LogP) is 3.88. The van der Waals surface area contributed by atoms with E-state index in [4.69, 9.17) is 4.74 Å². The van der Waals surface area contributed by atoms with Crippen molar-refractivity contribution in [2.45, 2.75) is 51.6 Å². The highest BCUT2D eigenvalue weighted by Crippen LogP contribution is 2.31. The molecule has 0 fully saturated rings. The van der Waals surface area contributed by atoms with Gasteiger partial charge in [0.25, 0.3) is 0 Å². The Kier molecular flexibility index (Phi) is 7.45. The molecule has 3 rings (SSSR count). The van der Waals surface area contributed by atoms with Crippen LogP contribution in [0.4, 0.5) is 0 Å². The molecule has 0 saturated carbocycles. The van der Waals surface area contributed by atoms with E-state index in [1.807, 2.05) is 42.5 Å². The number of fused-ring (bicyclic) bond motifs is 1. The Morgan fingerprint density at radius 3 is 2.41 bits per heavy atom. The lowest BCUT2D eigenvalue weighted by molar-refractivity contribution is -0.167. The van der Waals surface area contributed by atoms with Crippen molar-refractivity contribution in [2.24, 2.45) is 0 Å². The average Bonchev–Trinajstić information content (AvgIpc) is 2.76. The van der Waals surface area contributed by atoms with Gasteiger partial charge in [-0.15, -0.1) is 0 Å². The first-order valence-electron chi connectivity index (χ1n) is 10.8. The summed E-state index contributed by atoms with van der Waals surface area (Å²) in [6.07, 6.45) is 4.63. The molecular weight excluding hydrogens is 362 g/mol. The first-order chi connectivity index (χ1) is 14.1. The Labute approximate surface area is 174 Å². The van der Waals surface area contributed by atoms with E-state index in [-0.39, 0.29) is 13.0 Å². The average molecular weight is 396 g/mol. The highest BCUT2D eigenvalue weighted by molar-refractivity contribution is 5.81. The summed E-state index contributed by atoms with van der Waals surface area (Å²) in [5.74, 6) is -0.565. The van der Waals surface area contributed by atoms with Gasteiger partial charge in [0, 0.05) is 13.0 Å². The summed E-state index contributed by atoms with van der Waals surface area (Å²) in [5.41, 5.74) is 2.44. The number of aliphatic hydroxyl groups is 1. The van der Waals surface area contributed by atoms with Gasteiger partial charge in [-0.2, -0.15) is 0 Å². The minimum Gasteiger partial charge on any atom is -0.462 e. The van der Waals surface area contributed by atoms with E-state index >= 15 is 0 Å². The molecule has 1 atom stereocenters. The lowest BCUT2D eigenvalue weighted by atomic mass is 9.83. The zero-order valence-corrected chi connectivity index (χ0v) is 17.7. The number of likely N-dealkylation sites (N-methyl/N-ethyl adjacent to an activating group) is 1. The molecule has 4 heteroatoms. The van der Waals surface area contributed by atoms with Gasteiger partial charge in [-0.05, 0) is 61.0 Å². The number of rotatable bonds is 9. The molecular formula is C25H33NO3. The van der Waals surface area contributed by atoms with Crippen molar-refractivity contribution < 1.29 is 14.6 Å². The highest BCUT2D eigenvalue weighted by atomic mass is 16.5. The lowest BCUT2D eigenvalue weighted by Gasteiger charge is -2.29. The molecule has 0 aliphatic heterocycles. The van der Waals surface area contributed by atoms with Gasteiger partial charge in [0.15, 0.2) is 5.60 Å². The summed E-state index contributed by atoms with van der Waals surface area (Å²) < 4.78 is 5.58. The van der Waals surface area contributed by atoms with Crippen molar-refractivity contribution in [2.75, 3.05) is 26.2 Å². The van der Waals surface area contributed by atoms with Gasteiger partial charge in [0.05, 0.1) is 0 Å². The van der Waals surface area contributed by atoms with Gasteiger partial charge < -0.3 is 14.7 Å². The van der Waals surface area contributed by atoms with Crippen LogP contribution in [0.15, 0.2) is 48.5 Å². The number of carbonyl (C=O) groups excluding carboxylic acids is 1. The topological polar surface area (TPSA) is 49.8 Å². The number of hydrogen-bond acceptors (Lipinski definition) is 4. The second-order valence-electron chi connectivity index (χ2n) is 7.88. The van der Waals surface area contributed by atoms with Gasteiger partial charge in [-0.3, -0.25) is 0 Å². The summed E-state index contributed by atoms with van der Waals surface area (Å²) in [7, 11) is 0. The van der Waals surface area contributed by atoms with Crippen LogP contribution in [-0.2, 0) is 34.4 Å². The number of ether oxygens (including phenoxy) is 1. The Bertz CT molecular complexity index is 801. The summed E-state index contributed by atoms with van der Waals surface area (Å²) in [4.78, 5) is 15.3. The van der Waals surface area contributed by atoms with Gasteiger partial charge in [-0.25, -0.2) is 4.79 Å². The fourth-order valence-corrected chi connectivity index (χ4v) is 4.10. The van der Waals surface area contributed by atoms with Crippen molar-refractivity contribution in [3.63, 3.8) is 0 Å². The fourth-order valence-electron chi connectivity index (χ4n) is 4.10. The maximum Gasteiger partial charge on any atom is 0.343 e. The Morgan fingerprint density at radius 1 is 1.03 bits per heavy atom. The molecule has 29 heavy (non-hydrogen) atoms. The van der Waals surface area contributed by atoms with E-state index in [0.717, 1.165) is 37.9 Å². The summed E-state index contributed by atoms with van der Waals surface area (Å²) in [6, 6.07) is 15.6. The summed E-state index contributed by atoms with van der Waals surface area (Å²) in [6.45, 7) is 6.95. The van der Waals surface area contributed by atoms with Crippen LogP contribution in [0.1, 0.15) is 48.9 Å². The number of nitrogens with zero attached hydrogens (tertiary/aromatic N) is 1. The SMILES string of the molecule is CCN(CC)CCOC(=O)C(O)(Cc1ccccc1)c1ccc2c(c1)CCCC2. The maximum atomic E-state index is 13.1. The van der Waals surface area contributed by atoms with E-state index in [1.165, 1.54) is 17.5 Å². The minimum atomic E-state index is -1.68. The molecule has 0 spiro atoms. The molecule has 0 radical (unpaired) electrons. The molecule has 4 nitrogen and oxygen atoms in total. The lowest BCUT2D eigenvalue weighted by Crippen LogP contribution is -2.41. The van der Waals surface area contributed by atoms with Gasteiger partial charge in [-0.1, -0.05) is 62.4 Å². The molecule has 0 bridgehead atoms. The summed E-state index contributed by atoms with van der Waals surface area (Å²) in [5, 5.41) is 11.6. The molecule has 2 aromatic rings. The fraction of sp³-hybridized carbons (Fsp3) is 0.480. The molecule has 0 aromatic heterocycles. The second kappa shape index (κ2) is 10.0. The number of carbonyl (C=O) groups is 1. The largest absolute Gasteiger partial charge is 0.462 e. The van der Waals surface area contributed by atoms with Crippen molar-refractivity contribution >= 4 is 5.97 Å². The Morgan fingerprint density at radius 2 is 1.72 bits per heavy atom. The molecule has 1 aliphatic rings. The molecule has 2 aromatic carbocycles. The molecule has 0 heterocycles. The van der Waals surface area contributed by atoms with Crippen molar-refractivity contribution in [1.82, 2.24) is 4.90 Å². The zero-order valence-electron chi connectivity index (χ0n) is 17.7. The van der Waals surface area contributed by atoms with Gasteiger partial charge in [0.2, 0.25) is 0 Å². The number of hydrogen-bond donors (Lipinski definition) is 1. The van der Waals surface area contributed by atoms with Gasteiger partial charge >= 0.3 is 5.97 Å². The van der Waals surface area contributed by atoms with Crippen molar-refractivity contribution in [3.05, 3.63) is 70.8 Å². The van der Waals surface area contributed by atoms with Gasteiger partial charge in [0.1, 0.15) is 6.61 Å². The summed E-state index contributed by atoms with van der Waals surface area (Å²) >= 11 is 0. The zero-order chi connectivity index (χ0) is 20.7. The van der Waals surface area contributed by atoms with Crippen LogP contribution in [0.5, 0.6) is 0 Å². The minimum absolute atomic E-state index is 0.205. The molecule has 0 saturated heterocycles. The third kappa shape index (κ3) is 5.26. The number of benzene rings is 2. The second-order valence-corrected chi connectivity index (χ2v) is 7.88. The van der Waals surface area contributed by atoms with Crippen LogP contribution >= 0.6 is 0 Å². The van der Waals surface area contributed by atoms with Crippen LogP contribution in [0.2, 0.25) is 0 Å². The third-order valence-electron chi connectivity index (χ3n) is 6.00. The first-order valence-corrected chi connectivity index (χ1v) is 10.8. The molecule has 156 valence electrons. The molecule has 1 N–H and O–H groups in total. The van der Waals surface area contributed by atoms with Crippen molar-refractivity contribution in [1.29, 1.82) is 0 Å². The van der Waals surface area contributed by atoms with E-state index in [2.05, 4.69) is 24.8 Å². The van der Waals surface area contributed by atoms with E-state index in [0.29, 0.717) is 12.1 Å². The first kappa shape index (κ1) is 21.5. The number of aryl methyl sites for hydroxylation is 2. The standard InChI is InChI=1S/C25H33NO3/c1-3-26(4-2)16-17-29-24(27)25(28,19-20-10-6-5-7-11-20)23-15-14-21-12-8-9-13-22(21)18-23/h5-7,10-11,14-15,18,28H,3-4,8-9,12-13,16-17,19H2,1-2H3. The van der Waals surface area contributed by atoms with Crippen LogP contribution < -0.4 is 0 Å². The maximum absolute atomic E-state index is 13.1. The van der Waals surface area contributed by atoms with Crippen LogP contribution in [0.25, 0.3) is 0 Å². The Hall–Kier alpha value is -2.17. The number of esters is 1. The monoisotopic (exact) mass is 395 g/mol. The molecule has 0 amide bonds.